The Hall–Kier alpha value is -1.03. The summed E-state index contributed by atoms with van der Waals surface area (Å²) >= 11 is 0. The molecule has 0 fully saturated rings. The van der Waals surface area contributed by atoms with Crippen LogP contribution in [0.3, 0.4) is 0 Å². The second-order valence-electron chi connectivity index (χ2n) is 4.79. The third-order valence-electron chi connectivity index (χ3n) is 3.21. The third kappa shape index (κ3) is 2.46. The Morgan fingerprint density at radius 3 is 2.53 bits per heavy atom. The van der Waals surface area contributed by atoms with E-state index in [4.69, 9.17) is 0 Å². The Morgan fingerprint density at radius 2 is 1.94 bits per heavy atom. The molecule has 17 heavy (non-hydrogen) atoms. The average molecular weight is 243 g/mol. The van der Waals surface area contributed by atoms with Gasteiger partial charge in [0.15, 0.2) is 0 Å². The average Bonchev–Trinajstić information content (AvgIpc) is 2.26. The molecule has 0 saturated carbocycles. The molecule has 0 bridgehead atoms. The SMILES string of the molecule is CC(C)c1cc2c(c(C(F)(F)F)c1)CNCC2. The molecule has 0 unspecified atom stereocenters. The van der Waals surface area contributed by atoms with E-state index >= 15 is 0 Å². The van der Waals surface area contributed by atoms with Crippen molar-refractivity contribution in [2.45, 2.75) is 38.9 Å². The molecule has 1 heterocycles. The van der Waals surface area contributed by atoms with Gasteiger partial charge in [-0.25, -0.2) is 0 Å². The van der Waals surface area contributed by atoms with Gasteiger partial charge >= 0.3 is 6.18 Å². The van der Waals surface area contributed by atoms with Gasteiger partial charge in [-0.1, -0.05) is 19.9 Å². The predicted molar refractivity (Wildman–Crippen MR) is 60.9 cm³/mol. The maximum atomic E-state index is 13.0. The number of benzene rings is 1. The lowest BCUT2D eigenvalue weighted by atomic mass is 9.89. The number of rotatable bonds is 1. The highest BCUT2D eigenvalue weighted by Gasteiger charge is 2.35. The van der Waals surface area contributed by atoms with E-state index in [9.17, 15) is 13.2 Å². The van der Waals surface area contributed by atoms with Crippen LogP contribution in [0.4, 0.5) is 13.2 Å². The first-order chi connectivity index (χ1) is 7.89. The van der Waals surface area contributed by atoms with Gasteiger partial charge < -0.3 is 5.32 Å². The van der Waals surface area contributed by atoms with Crippen LogP contribution in [0.1, 0.15) is 42.0 Å². The van der Waals surface area contributed by atoms with Gasteiger partial charge in [-0.15, -0.1) is 0 Å². The second-order valence-corrected chi connectivity index (χ2v) is 4.79. The molecule has 0 radical (unpaired) electrons. The molecular weight excluding hydrogens is 227 g/mol. The van der Waals surface area contributed by atoms with E-state index in [1.165, 1.54) is 6.07 Å². The van der Waals surface area contributed by atoms with Crippen LogP contribution in [0.2, 0.25) is 0 Å². The molecule has 2 rings (SSSR count). The molecular formula is C13H16F3N. The lowest BCUT2D eigenvalue weighted by Crippen LogP contribution is -2.27. The number of halogens is 3. The Morgan fingerprint density at radius 1 is 1.24 bits per heavy atom. The summed E-state index contributed by atoms with van der Waals surface area (Å²) < 4.78 is 39.0. The summed E-state index contributed by atoms with van der Waals surface area (Å²) in [5.41, 5.74) is 1.58. The lowest BCUT2D eigenvalue weighted by molar-refractivity contribution is -0.138. The predicted octanol–water partition coefficient (Wildman–Crippen LogP) is 3.47. The number of alkyl halides is 3. The first kappa shape index (κ1) is 12.4. The van der Waals surface area contributed by atoms with Gasteiger partial charge in [-0.2, -0.15) is 13.2 Å². The fourth-order valence-electron chi connectivity index (χ4n) is 2.21. The summed E-state index contributed by atoms with van der Waals surface area (Å²) in [4.78, 5) is 0. The minimum atomic E-state index is -4.26. The fourth-order valence-corrected chi connectivity index (χ4v) is 2.21. The smallest absolute Gasteiger partial charge is 0.312 e. The van der Waals surface area contributed by atoms with Crippen LogP contribution in [0, 0.1) is 0 Å². The van der Waals surface area contributed by atoms with Crippen LogP contribution in [0.5, 0.6) is 0 Å². The first-order valence-electron chi connectivity index (χ1n) is 5.83. The van der Waals surface area contributed by atoms with Crippen molar-refractivity contribution in [1.82, 2.24) is 5.32 Å². The maximum absolute atomic E-state index is 13.0. The summed E-state index contributed by atoms with van der Waals surface area (Å²) in [7, 11) is 0. The van der Waals surface area contributed by atoms with Crippen molar-refractivity contribution >= 4 is 0 Å². The molecule has 94 valence electrons. The van der Waals surface area contributed by atoms with Gasteiger partial charge in [0.05, 0.1) is 5.56 Å². The normalized spacial score (nSPS) is 16.1. The van der Waals surface area contributed by atoms with E-state index in [-0.39, 0.29) is 5.92 Å². The largest absolute Gasteiger partial charge is 0.416 e. The Balaban J connectivity index is 2.58. The minimum absolute atomic E-state index is 0.122. The lowest BCUT2D eigenvalue weighted by Gasteiger charge is -2.24. The molecule has 0 aliphatic carbocycles. The molecule has 0 atom stereocenters. The van der Waals surface area contributed by atoms with Crippen LogP contribution in [-0.2, 0) is 19.1 Å². The van der Waals surface area contributed by atoms with Crippen molar-refractivity contribution in [3.8, 4) is 0 Å². The molecule has 1 N–H and O–H groups in total. The third-order valence-corrected chi connectivity index (χ3v) is 3.21. The quantitative estimate of drug-likeness (QED) is 0.796. The Labute approximate surface area is 99.0 Å². The molecule has 0 aromatic heterocycles. The zero-order valence-corrected chi connectivity index (χ0v) is 9.99. The molecule has 1 nitrogen and oxygen atoms in total. The zero-order valence-electron chi connectivity index (χ0n) is 9.99. The van der Waals surface area contributed by atoms with Crippen LogP contribution < -0.4 is 5.32 Å². The Kier molecular flexibility index (Phi) is 3.17. The molecule has 1 aliphatic rings. The molecule has 4 heteroatoms. The molecule has 1 aromatic carbocycles. The van der Waals surface area contributed by atoms with Crippen LogP contribution in [-0.4, -0.2) is 6.54 Å². The second kappa shape index (κ2) is 4.33. The van der Waals surface area contributed by atoms with Crippen LogP contribution in [0.25, 0.3) is 0 Å². The van der Waals surface area contributed by atoms with E-state index in [1.54, 1.807) is 0 Å². The number of fused-ring (bicyclic) bond motifs is 1. The molecule has 0 amide bonds. The fraction of sp³-hybridized carbons (Fsp3) is 0.538. The van der Waals surface area contributed by atoms with Crippen molar-refractivity contribution in [2.24, 2.45) is 0 Å². The maximum Gasteiger partial charge on any atom is 0.416 e. The van der Waals surface area contributed by atoms with Gasteiger partial charge in [-0.05, 0) is 41.6 Å². The summed E-state index contributed by atoms with van der Waals surface area (Å²) in [5, 5.41) is 3.00. The van der Waals surface area contributed by atoms with E-state index in [2.05, 4.69) is 5.32 Å². The molecule has 1 aromatic rings. The van der Waals surface area contributed by atoms with Crippen molar-refractivity contribution in [2.75, 3.05) is 6.54 Å². The minimum Gasteiger partial charge on any atom is -0.312 e. The highest BCUT2D eigenvalue weighted by molar-refractivity contribution is 5.43. The number of hydrogen-bond acceptors (Lipinski definition) is 1. The highest BCUT2D eigenvalue weighted by Crippen LogP contribution is 2.36. The van der Waals surface area contributed by atoms with E-state index in [0.717, 1.165) is 17.7 Å². The van der Waals surface area contributed by atoms with Gasteiger partial charge in [0.2, 0.25) is 0 Å². The first-order valence-corrected chi connectivity index (χ1v) is 5.83. The van der Waals surface area contributed by atoms with Crippen molar-refractivity contribution in [1.29, 1.82) is 0 Å². The summed E-state index contributed by atoms with van der Waals surface area (Å²) in [5.74, 6) is 0.122. The van der Waals surface area contributed by atoms with E-state index in [0.29, 0.717) is 18.5 Å². The van der Waals surface area contributed by atoms with E-state index < -0.39 is 11.7 Å². The summed E-state index contributed by atoms with van der Waals surface area (Å²) in [6, 6.07) is 3.23. The van der Waals surface area contributed by atoms with Crippen molar-refractivity contribution in [3.63, 3.8) is 0 Å². The van der Waals surface area contributed by atoms with Crippen LogP contribution >= 0.6 is 0 Å². The van der Waals surface area contributed by atoms with Gasteiger partial charge in [0.1, 0.15) is 0 Å². The summed E-state index contributed by atoms with van der Waals surface area (Å²) in [6.07, 6.45) is -3.58. The van der Waals surface area contributed by atoms with Gasteiger partial charge in [0.25, 0.3) is 0 Å². The van der Waals surface area contributed by atoms with Crippen LogP contribution in [0.15, 0.2) is 12.1 Å². The van der Waals surface area contributed by atoms with Gasteiger partial charge in [0, 0.05) is 6.54 Å². The Bertz CT molecular complexity index is 421. The molecule has 0 spiro atoms. The summed E-state index contributed by atoms with van der Waals surface area (Å²) in [6.45, 7) is 4.92. The zero-order chi connectivity index (χ0) is 12.6. The van der Waals surface area contributed by atoms with Crippen molar-refractivity contribution in [3.05, 3.63) is 34.4 Å². The molecule has 1 aliphatic heterocycles. The van der Waals surface area contributed by atoms with Gasteiger partial charge in [-0.3, -0.25) is 0 Å². The monoisotopic (exact) mass is 243 g/mol. The number of nitrogens with one attached hydrogen (secondary N) is 1. The van der Waals surface area contributed by atoms with E-state index in [1.807, 2.05) is 19.9 Å². The highest BCUT2D eigenvalue weighted by atomic mass is 19.4. The topological polar surface area (TPSA) is 12.0 Å². The molecule has 0 saturated heterocycles. The van der Waals surface area contributed by atoms with Crippen molar-refractivity contribution < 1.29 is 13.2 Å². The number of hydrogen-bond donors (Lipinski definition) is 1. The standard InChI is InChI=1S/C13H16F3N/c1-8(2)10-5-9-3-4-17-7-11(9)12(6-10)13(14,15)16/h5-6,8,17H,3-4,7H2,1-2H3.